The van der Waals surface area contributed by atoms with Crippen molar-refractivity contribution >= 4 is 22.2 Å². The van der Waals surface area contributed by atoms with Gasteiger partial charge in [-0.05, 0) is 32.2 Å². The first kappa shape index (κ1) is 14.0. The van der Waals surface area contributed by atoms with E-state index in [0.29, 0.717) is 18.7 Å². The molecule has 1 atom stereocenters. The van der Waals surface area contributed by atoms with E-state index >= 15 is 0 Å². The fourth-order valence-electron chi connectivity index (χ4n) is 2.46. The Morgan fingerprint density at radius 3 is 3.00 bits per heavy atom. The van der Waals surface area contributed by atoms with E-state index < -0.39 is 4.92 Å². The molecule has 1 amide bonds. The quantitative estimate of drug-likeness (QED) is 0.676. The van der Waals surface area contributed by atoms with Crippen LogP contribution in [0, 0.1) is 10.1 Å². The number of hydrogen-bond donors (Lipinski definition) is 1. The maximum absolute atomic E-state index is 12.4. The number of likely N-dealkylation sites (tertiary alicyclic amines) is 1. The lowest BCUT2D eigenvalue weighted by molar-refractivity contribution is -0.380. The van der Waals surface area contributed by atoms with Crippen molar-refractivity contribution in [3.05, 3.63) is 27.1 Å². The van der Waals surface area contributed by atoms with Crippen LogP contribution in [0.2, 0.25) is 0 Å². The van der Waals surface area contributed by atoms with Crippen molar-refractivity contribution in [2.24, 2.45) is 5.73 Å². The highest BCUT2D eigenvalue weighted by Crippen LogP contribution is 2.27. The van der Waals surface area contributed by atoms with Gasteiger partial charge in [0.25, 0.3) is 5.91 Å². The second kappa shape index (κ2) is 6.12. The lowest BCUT2D eigenvalue weighted by Gasteiger charge is -2.35. The third kappa shape index (κ3) is 3.10. The standard InChI is InChI=1S/C12H17N3O3S/c13-5-4-10-3-1-2-6-14(10)12(16)9-7-11(15(17)18)19-8-9/h7-8,10H,1-6,13H2. The molecule has 1 aliphatic rings. The number of piperidine rings is 1. The van der Waals surface area contributed by atoms with Crippen LogP contribution >= 0.6 is 11.3 Å². The van der Waals surface area contributed by atoms with E-state index in [1.54, 1.807) is 5.38 Å². The van der Waals surface area contributed by atoms with Gasteiger partial charge in [-0.1, -0.05) is 11.3 Å². The Morgan fingerprint density at radius 2 is 2.37 bits per heavy atom. The molecule has 2 N–H and O–H groups in total. The van der Waals surface area contributed by atoms with E-state index in [-0.39, 0.29) is 17.0 Å². The molecule has 7 heteroatoms. The maximum Gasteiger partial charge on any atom is 0.324 e. The van der Waals surface area contributed by atoms with Crippen LogP contribution in [0.5, 0.6) is 0 Å². The Balaban J connectivity index is 2.13. The summed E-state index contributed by atoms with van der Waals surface area (Å²) in [7, 11) is 0. The summed E-state index contributed by atoms with van der Waals surface area (Å²) in [4.78, 5) is 24.4. The van der Waals surface area contributed by atoms with Crippen molar-refractivity contribution in [2.45, 2.75) is 31.7 Å². The largest absolute Gasteiger partial charge is 0.336 e. The third-order valence-corrected chi connectivity index (χ3v) is 4.28. The molecule has 6 nitrogen and oxygen atoms in total. The van der Waals surface area contributed by atoms with Crippen molar-refractivity contribution in [2.75, 3.05) is 13.1 Å². The first-order valence-corrected chi connectivity index (χ1v) is 7.25. The van der Waals surface area contributed by atoms with Crippen LogP contribution in [-0.4, -0.2) is 34.9 Å². The highest BCUT2D eigenvalue weighted by atomic mass is 32.1. The number of carbonyl (C=O) groups is 1. The van der Waals surface area contributed by atoms with Gasteiger partial charge in [-0.2, -0.15) is 0 Å². The van der Waals surface area contributed by atoms with Crippen molar-refractivity contribution in [1.29, 1.82) is 0 Å². The highest BCUT2D eigenvalue weighted by Gasteiger charge is 2.28. The predicted molar refractivity (Wildman–Crippen MR) is 73.3 cm³/mol. The smallest absolute Gasteiger partial charge is 0.324 e. The Bertz CT molecular complexity index is 473. The van der Waals surface area contributed by atoms with Crippen LogP contribution in [0.15, 0.2) is 11.4 Å². The van der Waals surface area contributed by atoms with E-state index in [2.05, 4.69) is 0 Å². The zero-order valence-electron chi connectivity index (χ0n) is 10.6. The first-order chi connectivity index (χ1) is 9.13. The molecule has 0 aliphatic carbocycles. The van der Waals surface area contributed by atoms with E-state index in [9.17, 15) is 14.9 Å². The number of nitro groups is 1. The predicted octanol–water partition coefficient (Wildman–Crippen LogP) is 2.00. The van der Waals surface area contributed by atoms with Crippen LogP contribution in [0.1, 0.15) is 36.0 Å². The minimum Gasteiger partial charge on any atom is -0.336 e. The molecule has 0 bridgehead atoms. The molecule has 1 saturated heterocycles. The van der Waals surface area contributed by atoms with Gasteiger partial charge in [-0.15, -0.1) is 0 Å². The van der Waals surface area contributed by atoms with Gasteiger partial charge in [0.05, 0.1) is 10.5 Å². The minimum absolute atomic E-state index is 0.00994. The van der Waals surface area contributed by atoms with E-state index in [1.165, 1.54) is 6.07 Å². The molecule has 104 valence electrons. The molecule has 2 rings (SSSR count). The third-order valence-electron chi connectivity index (χ3n) is 3.40. The normalized spacial score (nSPS) is 19.4. The van der Waals surface area contributed by atoms with Crippen molar-refractivity contribution in [3.63, 3.8) is 0 Å². The average molecular weight is 283 g/mol. The van der Waals surface area contributed by atoms with Gasteiger partial charge >= 0.3 is 5.00 Å². The van der Waals surface area contributed by atoms with Crippen molar-refractivity contribution < 1.29 is 9.72 Å². The summed E-state index contributed by atoms with van der Waals surface area (Å²) in [5.41, 5.74) is 6.00. The lowest BCUT2D eigenvalue weighted by Crippen LogP contribution is -2.44. The molecule has 0 saturated carbocycles. The molecule has 1 aliphatic heterocycles. The summed E-state index contributed by atoms with van der Waals surface area (Å²) >= 11 is 0.993. The van der Waals surface area contributed by atoms with Crippen molar-refractivity contribution in [1.82, 2.24) is 4.90 Å². The molecule has 2 heterocycles. The second-order valence-electron chi connectivity index (χ2n) is 4.66. The number of thiophene rings is 1. The summed E-state index contributed by atoms with van der Waals surface area (Å²) in [6, 6.07) is 1.53. The molecule has 1 fully saturated rings. The molecule has 1 aromatic heterocycles. The Morgan fingerprint density at radius 1 is 1.58 bits per heavy atom. The van der Waals surface area contributed by atoms with E-state index in [1.807, 2.05) is 4.90 Å². The lowest BCUT2D eigenvalue weighted by atomic mass is 9.98. The molecular weight excluding hydrogens is 266 g/mol. The Labute approximate surface area is 115 Å². The summed E-state index contributed by atoms with van der Waals surface area (Å²) < 4.78 is 0. The number of nitrogens with zero attached hydrogens (tertiary/aromatic N) is 2. The Hall–Kier alpha value is -1.47. The highest BCUT2D eigenvalue weighted by molar-refractivity contribution is 7.13. The van der Waals surface area contributed by atoms with E-state index in [4.69, 9.17) is 5.73 Å². The molecule has 0 spiro atoms. The summed E-state index contributed by atoms with van der Waals surface area (Å²) in [6.45, 7) is 1.27. The minimum atomic E-state index is -0.463. The van der Waals surface area contributed by atoms with Crippen LogP contribution < -0.4 is 5.73 Å². The molecular formula is C12H17N3O3S. The Kier molecular flexibility index (Phi) is 4.49. The zero-order valence-corrected chi connectivity index (χ0v) is 11.4. The average Bonchev–Trinajstić information content (AvgIpc) is 2.89. The zero-order chi connectivity index (χ0) is 13.8. The molecule has 1 aromatic rings. The van der Waals surface area contributed by atoms with Gasteiger partial charge in [0.1, 0.15) is 0 Å². The fourth-order valence-corrected chi connectivity index (χ4v) is 3.16. The number of carbonyl (C=O) groups excluding carboxylic acids is 1. The topological polar surface area (TPSA) is 89.5 Å². The second-order valence-corrected chi connectivity index (χ2v) is 5.55. The fraction of sp³-hybridized carbons (Fsp3) is 0.583. The van der Waals surface area contributed by atoms with Gasteiger partial charge in [-0.25, -0.2) is 0 Å². The van der Waals surface area contributed by atoms with Crippen LogP contribution in [0.25, 0.3) is 0 Å². The van der Waals surface area contributed by atoms with Crippen molar-refractivity contribution in [3.8, 4) is 0 Å². The maximum atomic E-state index is 12.4. The molecule has 0 aromatic carbocycles. The number of amides is 1. The molecule has 1 unspecified atom stereocenters. The van der Waals surface area contributed by atoms with Gasteiger partial charge in [0.15, 0.2) is 0 Å². The van der Waals surface area contributed by atoms with Crippen LogP contribution in [0.3, 0.4) is 0 Å². The summed E-state index contributed by atoms with van der Waals surface area (Å²) in [5, 5.41) is 12.2. The molecule has 19 heavy (non-hydrogen) atoms. The number of hydrogen-bond acceptors (Lipinski definition) is 5. The monoisotopic (exact) mass is 283 g/mol. The van der Waals surface area contributed by atoms with E-state index in [0.717, 1.165) is 37.0 Å². The number of rotatable bonds is 4. The summed E-state index contributed by atoms with van der Waals surface area (Å²) in [5.74, 6) is -0.109. The van der Waals surface area contributed by atoms with Crippen LogP contribution in [0.4, 0.5) is 5.00 Å². The molecule has 0 radical (unpaired) electrons. The van der Waals surface area contributed by atoms with Gasteiger partial charge in [-0.3, -0.25) is 14.9 Å². The van der Waals surface area contributed by atoms with Gasteiger partial charge in [0.2, 0.25) is 0 Å². The van der Waals surface area contributed by atoms with Gasteiger partial charge < -0.3 is 10.6 Å². The van der Waals surface area contributed by atoms with Gasteiger partial charge in [0, 0.05) is 24.0 Å². The van der Waals surface area contributed by atoms with Crippen LogP contribution in [-0.2, 0) is 0 Å². The number of nitrogens with two attached hydrogens (primary N) is 1. The summed E-state index contributed by atoms with van der Waals surface area (Å²) in [6.07, 6.45) is 3.85. The first-order valence-electron chi connectivity index (χ1n) is 6.37. The SMILES string of the molecule is NCCC1CCCCN1C(=O)c1csc([N+](=O)[O-])c1.